The largest absolute Gasteiger partial charge is 0.381 e. The Labute approximate surface area is 122 Å². The predicted octanol–water partition coefficient (Wildman–Crippen LogP) is 1.72. The molecular weight excluding hydrogens is 274 g/mol. The number of primary sulfonamides is 1. The second kappa shape index (κ2) is 7.06. The number of benzene rings is 1. The second-order valence-corrected chi connectivity index (χ2v) is 7.36. The molecule has 1 aromatic carbocycles. The smallest absolute Gasteiger partial charge is 0.238 e. The van der Waals surface area contributed by atoms with Crippen LogP contribution in [0.15, 0.2) is 29.2 Å². The van der Waals surface area contributed by atoms with Crippen LogP contribution in [-0.2, 0) is 10.0 Å². The predicted molar refractivity (Wildman–Crippen MR) is 83.2 cm³/mol. The number of nitrogens with zero attached hydrogens (tertiary/aromatic N) is 1. The SMILES string of the molecule is CC(C)CC(CN(C)C)Nc1ccc(S(N)(=O)=O)cc1. The molecule has 0 aromatic heterocycles. The minimum absolute atomic E-state index is 0.135. The maximum Gasteiger partial charge on any atom is 0.238 e. The van der Waals surface area contributed by atoms with Crippen LogP contribution in [0.1, 0.15) is 20.3 Å². The van der Waals surface area contributed by atoms with Crippen molar-refractivity contribution < 1.29 is 8.42 Å². The number of hydrogen-bond acceptors (Lipinski definition) is 4. The first-order valence-corrected chi connectivity index (χ1v) is 8.27. The molecule has 0 heterocycles. The lowest BCUT2D eigenvalue weighted by Crippen LogP contribution is -2.33. The summed E-state index contributed by atoms with van der Waals surface area (Å²) < 4.78 is 22.4. The monoisotopic (exact) mass is 299 g/mol. The van der Waals surface area contributed by atoms with E-state index >= 15 is 0 Å². The van der Waals surface area contributed by atoms with Crippen molar-refractivity contribution in [1.82, 2.24) is 4.90 Å². The van der Waals surface area contributed by atoms with Gasteiger partial charge in [0.15, 0.2) is 0 Å². The van der Waals surface area contributed by atoms with Gasteiger partial charge < -0.3 is 10.2 Å². The Kier molecular flexibility index (Phi) is 5.98. The van der Waals surface area contributed by atoms with Gasteiger partial charge in [0.25, 0.3) is 0 Å². The molecule has 1 rings (SSSR count). The van der Waals surface area contributed by atoms with E-state index < -0.39 is 10.0 Å². The lowest BCUT2D eigenvalue weighted by atomic mass is 10.0. The molecule has 0 amide bonds. The average molecular weight is 299 g/mol. The molecule has 0 radical (unpaired) electrons. The molecule has 1 unspecified atom stereocenters. The van der Waals surface area contributed by atoms with Gasteiger partial charge in [0.1, 0.15) is 0 Å². The summed E-state index contributed by atoms with van der Waals surface area (Å²) >= 11 is 0. The molecule has 0 aliphatic heterocycles. The Morgan fingerprint density at radius 2 is 1.75 bits per heavy atom. The van der Waals surface area contributed by atoms with Crippen LogP contribution >= 0.6 is 0 Å². The van der Waals surface area contributed by atoms with E-state index in [0.29, 0.717) is 12.0 Å². The molecule has 3 N–H and O–H groups in total. The van der Waals surface area contributed by atoms with Gasteiger partial charge in [-0.05, 0) is 50.7 Å². The van der Waals surface area contributed by atoms with Crippen molar-refractivity contribution >= 4 is 15.7 Å². The third kappa shape index (κ3) is 5.90. The highest BCUT2D eigenvalue weighted by Crippen LogP contribution is 2.16. The highest BCUT2D eigenvalue weighted by atomic mass is 32.2. The van der Waals surface area contributed by atoms with E-state index in [1.807, 2.05) is 14.1 Å². The van der Waals surface area contributed by atoms with E-state index in [1.54, 1.807) is 12.1 Å². The first kappa shape index (κ1) is 16.9. The molecule has 6 heteroatoms. The molecule has 1 atom stereocenters. The molecule has 0 aliphatic rings. The molecule has 20 heavy (non-hydrogen) atoms. The van der Waals surface area contributed by atoms with Gasteiger partial charge in [-0.25, -0.2) is 13.6 Å². The number of likely N-dealkylation sites (N-methyl/N-ethyl adjacent to an activating group) is 1. The zero-order valence-corrected chi connectivity index (χ0v) is 13.4. The molecule has 0 spiro atoms. The number of hydrogen-bond donors (Lipinski definition) is 2. The minimum atomic E-state index is -3.62. The minimum Gasteiger partial charge on any atom is -0.381 e. The van der Waals surface area contributed by atoms with Crippen LogP contribution in [0.2, 0.25) is 0 Å². The van der Waals surface area contributed by atoms with Crippen LogP contribution in [0.5, 0.6) is 0 Å². The van der Waals surface area contributed by atoms with E-state index in [0.717, 1.165) is 18.7 Å². The third-order valence-corrected chi connectivity index (χ3v) is 3.82. The van der Waals surface area contributed by atoms with Gasteiger partial charge in [0, 0.05) is 18.3 Å². The fourth-order valence-electron chi connectivity index (χ4n) is 2.17. The molecule has 114 valence electrons. The van der Waals surface area contributed by atoms with Gasteiger partial charge in [0.05, 0.1) is 4.90 Å². The first-order valence-electron chi connectivity index (χ1n) is 6.72. The van der Waals surface area contributed by atoms with Crippen LogP contribution in [0.4, 0.5) is 5.69 Å². The lowest BCUT2D eigenvalue weighted by Gasteiger charge is -2.25. The van der Waals surface area contributed by atoms with Crippen LogP contribution in [0.3, 0.4) is 0 Å². The number of sulfonamides is 1. The Morgan fingerprint density at radius 3 is 2.15 bits per heavy atom. The summed E-state index contributed by atoms with van der Waals surface area (Å²) in [4.78, 5) is 2.27. The summed E-state index contributed by atoms with van der Waals surface area (Å²) in [5, 5.41) is 8.53. The van der Waals surface area contributed by atoms with Crippen LogP contribution in [0, 0.1) is 5.92 Å². The van der Waals surface area contributed by atoms with Crippen molar-refractivity contribution in [2.45, 2.75) is 31.2 Å². The Hall–Kier alpha value is -1.11. The molecule has 0 saturated heterocycles. The van der Waals surface area contributed by atoms with Crippen molar-refractivity contribution in [3.63, 3.8) is 0 Å². The van der Waals surface area contributed by atoms with Gasteiger partial charge in [-0.2, -0.15) is 0 Å². The Morgan fingerprint density at radius 1 is 1.20 bits per heavy atom. The molecule has 0 aliphatic carbocycles. The fourth-order valence-corrected chi connectivity index (χ4v) is 2.68. The number of nitrogens with one attached hydrogen (secondary N) is 1. The van der Waals surface area contributed by atoms with Gasteiger partial charge in [-0.15, -0.1) is 0 Å². The molecule has 0 saturated carbocycles. The Balaban J connectivity index is 2.78. The van der Waals surface area contributed by atoms with E-state index in [4.69, 9.17) is 5.14 Å². The molecule has 5 nitrogen and oxygen atoms in total. The van der Waals surface area contributed by atoms with Crippen LogP contribution in [0.25, 0.3) is 0 Å². The third-order valence-electron chi connectivity index (χ3n) is 2.90. The van der Waals surface area contributed by atoms with E-state index in [9.17, 15) is 8.42 Å². The lowest BCUT2D eigenvalue weighted by molar-refractivity contribution is 0.356. The normalized spacial score (nSPS) is 13.8. The van der Waals surface area contributed by atoms with Crippen molar-refractivity contribution in [3.8, 4) is 0 Å². The van der Waals surface area contributed by atoms with Crippen LogP contribution < -0.4 is 10.5 Å². The van der Waals surface area contributed by atoms with Crippen molar-refractivity contribution in [3.05, 3.63) is 24.3 Å². The van der Waals surface area contributed by atoms with Gasteiger partial charge in [0.2, 0.25) is 10.0 Å². The highest BCUT2D eigenvalue weighted by Gasteiger charge is 2.13. The van der Waals surface area contributed by atoms with E-state index in [1.165, 1.54) is 12.1 Å². The van der Waals surface area contributed by atoms with Gasteiger partial charge in [-0.3, -0.25) is 0 Å². The first-order chi connectivity index (χ1) is 9.18. The zero-order chi connectivity index (χ0) is 15.3. The number of nitrogens with two attached hydrogens (primary N) is 1. The fraction of sp³-hybridized carbons (Fsp3) is 0.571. The summed E-state index contributed by atoms with van der Waals surface area (Å²) in [5.74, 6) is 0.594. The van der Waals surface area contributed by atoms with Crippen LogP contribution in [-0.4, -0.2) is 40.0 Å². The number of rotatable bonds is 7. The summed E-state index contributed by atoms with van der Waals surface area (Å²) in [6, 6.07) is 6.88. The second-order valence-electron chi connectivity index (χ2n) is 5.80. The topological polar surface area (TPSA) is 75.4 Å². The maximum absolute atomic E-state index is 11.2. The zero-order valence-electron chi connectivity index (χ0n) is 12.6. The molecule has 1 aromatic rings. The van der Waals surface area contributed by atoms with Gasteiger partial charge in [-0.1, -0.05) is 13.8 Å². The van der Waals surface area contributed by atoms with E-state index in [-0.39, 0.29) is 4.90 Å². The summed E-state index contributed by atoms with van der Waals surface area (Å²) in [6.45, 7) is 5.30. The highest BCUT2D eigenvalue weighted by molar-refractivity contribution is 7.89. The van der Waals surface area contributed by atoms with Crippen molar-refractivity contribution in [2.75, 3.05) is 26.0 Å². The summed E-state index contributed by atoms with van der Waals surface area (Å²) in [5.41, 5.74) is 0.907. The van der Waals surface area contributed by atoms with Crippen molar-refractivity contribution in [2.24, 2.45) is 11.1 Å². The van der Waals surface area contributed by atoms with Crippen molar-refractivity contribution in [1.29, 1.82) is 0 Å². The maximum atomic E-state index is 11.2. The standard InChI is InChI=1S/C14H25N3O2S/c1-11(2)9-13(10-17(3)4)16-12-5-7-14(8-6-12)20(15,18)19/h5-8,11,13,16H,9-10H2,1-4H3,(H2,15,18,19). The van der Waals surface area contributed by atoms with E-state index in [2.05, 4.69) is 24.1 Å². The number of anilines is 1. The molecular formula is C14H25N3O2S. The van der Waals surface area contributed by atoms with Gasteiger partial charge >= 0.3 is 0 Å². The summed E-state index contributed by atoms with van der Waals surface area (Å²) in [7, 11) is 0.459. The molecule has 0 bridgehead atoms. The Bertz CT molecular complexity index is 500. The quantitative estimate of drug-likeness (QED) is 0.804. The summed E-state index contributed by atoms with van der Waals surface area (Å²) in [6.07, 6.45) is 1.05. The molecule has 0 fully saturated rings. The average Bonchev–Trinajstić information content (AvgIpc) is 2.26.